The molecule has 1 aromatic heterocycles. The molecule has 3 nitrogen and oxygen atoms in total. The van der Waals surface area contributed by atoms with Gasteiger partial charge in [0.05, 0.1) is 0 Å². The van der Waals surface area contributed by atoms with Crippen LogP contribution in [0.15, 0.2) is 186 Å². The molecule has 1 saturated carbocycles. The van der Waals surface area contributed by atoms with E-state index in [-0.39, 0.29) is 6.71 Å². The summed E-state index contributed by atoms with van der Waals surface area (Å²) in [4.78, 5) is 5.10. The van der Waals surface area contributed by atoms with Gasteiger partial charge in [-0.25, -0.2) is 0 Å². The van der Waals surface area contributed by atoms with Gasteiger partial charge in [-0.2, -0.15) is 0 Å². The minimum atomic E-state index is 0.110. The van der Waals surface area contributed by atoms with Crippen LogP contribution in [-0.2, 0) is 0 Å². The Balaban J connectivity index is 1.05. The highest BCUT2D eigenvalue weighted by Gasteiger charge is 2.43. The van der Waals surface area contributed by atoms with Crippen molar-refractivity contribution in [2.24, 2.45) is 0 Å². The Morgan fingerprint density at radius 2 is 1.00 bits per heavy atom. The maximum atomic E-state index is 6.48. The summed E-state index contributed by atoms with van der Waals surface area (Å²) < 4.78 is 6.48. The third-order valence-electron chi connectivity index (χ3n) is 13.1. The van der Waals surface area contributed by atoms with Gasteiger partial charge in [0.2, 0.25) is 0 Å². The highest BCUT2D eigenvalue weighted by Crippen LogP contribution is 2.47. The van der Waals surface area contributed by atoms with Crippen LogP contribution in [0.2, 0.25) is 0 Å². The molecule has 0 bridgehead atoms. The van der Waals surface area contributed by atoms with Crippen LogP contribution in [0.3, 0.4) is 0 Å². The number of furan rings is 1. The van der Waals surface area contributed by atoms with Crippen LogP contribution in [0.5, 0.6) is 0 Å². The molecule has 0 amide bonds. The Kier molecular flexibility index (Phi) is 7.72. The van der Waals surface area contributed by atoms with E-state index in [1.807, 2.05) is 6.07 Å². The SMILES string of the molecule is c1ccc(-c2ccc(N3c4ccccc4B4c5ccccc5N(c5ccc(-c6cccc7c6oc6ccccc67)cc5)c5cc(C6CCCCC6)cc3c54)cc2)cc1. The van der Waals surface area contributed by atoms with Crippen LogP contribution in [-0.4, -0.2) is 6.71 Å². The lowest BCUT2D eigenvalue weighted by molar-refractivity contribution is 0.444. The first-order valence-electron chi connectivity index (χ1n) is 20.9. The molecular formula is C54H41BN2O. The second-order valence-corrected chi connectivity index (χ2v) is 16.3. The lowest BCUT2D eigenvalue weighted by Crippen LogP contribution is -2.61. The second kappa shape index (κ2) is 13.4. The Morgan fingerprint density at radius 3 is 1.67 bits per heavy atom. The highest BCUT2D eigenvalue weighted by atomic mass is 16.3. The number of para-hydroxylation sites is 4. The Bertz CT molecular complexity index is 3000. The fourth-order valence-corrected chi connectivity index (χ4v) is 10.3. The molecule has 0 atom stereocenters. The first-order chi connectivity index (χ1) is 28.8. The first-order valence-corrected chi connectivity index (χ1v) is 20.9. The fourth-order valence-electron chi connectivity index (χ4n) is 10.3. The largest absolute Gasteiger partial charge is 0.455 e. The van der Waals surface area contributed by atoms with E-state index < -0.39 is 0 Å². The summed E-state index contributed by atoms with van der Waals surface area (Å²) in [7, 11) is 0. The number of rotatable bonds is 5. The van der Waals surface area contributed by atoms with Gasteiger partial charge in [-0.05, 0) is 112 Å². The second-order valence-electron chi connectivity index (χ2n) is 16.3. The van der Waals surface area contributed by atoms with Crippen molar-refractivity contribution in [3.8, 4) is 22.3 Å². The van der Waals surface area contributed by atoms with E-state index in [2.05, 4.69) is 186 Å². The zero-order valence-electron chi connectivity index (χ0n) is 32.3. The fraction of sp³-hybridized carbons (Fsp3) is 0.111. The van der Waals surface area contributed by atoms with E-state index in [9.17, 15) is 0 Å². The van der Waals surface area contributed by atoms with Crippen molar-refractivity contribution in [1.82, 2.24) is 0 Å². The van der Waals surface area contributed by atoms with E-state index in [1.54, 1.807) is 0 Å². The van der Waals surface area contributed by atoms with Crippen LogP contribution in [0.1, 0.15) is 43.6 Å². The molecule has 12 rings (SSSR count). The van der Waals surface area contributed by atoms with Gasteiger partial charge >= 0.3 is 0 Å². The van der Waals surface area contributed by atoms with Gasteiger partial charge in [0.25, 0.3) is 6.71 Å². The third-order valence-corrected chi connectivity index (χ3v) is 13.1. The van der Waals surface area contributed by atoms with E-state index in [0.29, 0.717) is 5.92 Å². The molecule has 0 N–H and O–H groups in total. The van der Waals surface area contributed by atoms with E-state index >= 15 is 0 Å². The Hall–Kier alpha value is -6.78. The normalized spacial score (nSPS) is 14.7. The smallest absolute Gasteiger partial charge is 0.252 e. The molecule has 9 aromatic rings. The Labute approximate surface area is 339 Å². The van der Waals surface area contributed by atoms with Gasteiger partial charge < -0.3 is 14.2 Å². The van der Waals surface area contributed by atoms with Crippen molar-refractivity contribution < 1.29 is 4.42 Å². The molecule has 0 spiro atoms. The molecule has 58 heavy (non-hydrogen) atoms. The molecule has 276 valence electrons. The van der Waals surface area contributed by atoms with Gasteiger partial charge in [-0.15, -0.1) is 0 Å². The lowest BCUT2D eigenvalue weighted by Gasteiger charge is -2.45. The van der Waals surface area contributed by atoms with Crippen molar-refractivity contribution in [2.75, 3.05) is 9.80 Å². The number of anilines is 6. The molecule has 3 aliphatic rings. The molecule has 1 aliphatic carbocycles. The third kappa shape index (κ3) is 5.21. The van der Waals surface area contributed by atoms with Crippen LogP contribution in [0, 0.1) is 0 Å². The molecule has 8 aromatic carbocycles. The molecule has 1 fully saturated rings. The van der Waals surface area contributed by atoms with Crippen LogP contribution >= 0.6 is 0 Å². The van der Waals surface area contributed by atoms with E-state index in [4.69, 9.17) is 4.42 Å². The van der Waals surface area contributed by atoms with Gasteiger partial charge in [0, 0.05) is 50.5 Å². The molecule has 3 heterocycles. The zero-order chi connectivity index (χ0) is 38.2. The summed E-state index contributed by atoms with van der Waals surface area (Å²) in [6, 6.07) is 67.2. The summed E-state index contributed by atoms with van der Waals surface area (Å²) in [5, 5.41) is 2.31. The van der Waals surface area contributed by atoms with Crippen LogP contribution in [0.4, 0.5) is 34.1 Å². The van der Waals surface area contributed by atoms with Crippen molar-refractivity contribution in [2.45, 2.75) is 38.0 Å². The van der Waals surface area contributed by atoms with Gasteiger partial charge in [-0.3, -0.25) is 0 Å². The minimum absolute atomic E-state index is 0.110. The lowest BCUT2D eigenvalue weighted by atomic mass is 9.33. The highest BCUT2D eigenvalue weighted by molar-refractivity contribution is 7.00. The standard InChI is InChI=1S/C54H41BN2O/c1-3-14-36(15-4-1)38-26-30-41(31-27-38)56-48-23-10-8-21-46(48)55-47-22-9-11-24-49(47)57(51-35-40(34-50(56)53(51)55)37-16-5-2-6-17-37)42-32-28-39(29-33-42)43-19-13-20-45-44-18-7-12-25-52(44)58-54(43)45/h1,3-4,7-15,18-35,37H,2,5-6,16-17H2. The van der Waals surface area contributed by atoms with Crippen molar-refractivity contribution >= 4 is 79.2 Å². The maximum absolute atomic E-state index is 6.48. The molecule has 4 heteroatoms. The monoisotopic (exact) mass is 744 g/mol. The van der Waals surface area contributed by atoms with Crippen LogP contribution in [0.25, 0.3) is 44.2 Å². The molecular weight excluding hydrogens is 703 g/mol. The number of hydrogen-bond donors (Lipinski definition) is 0. The van der Waals surface area contributed by atoms with Crippen molar-refractivity contribution in [3.63, 3.8) is 0 Å². The number of nitrogens with zero attached hydrogens (tertiary/aromatic N) is 2. The van der Waals surface area contributed by atoms with Gasteiger partial charge in [0.15, 0.2) is 0 Å². The summed E-state index contributed by atoms with van der Waals surface area (Å²) in [6.45, 7) is 0.110. The van der Waals surface area contributed by atoms with Crippen molar-refractivity contribution in [3.05, 3.63) is 188 Å². The zero-order valence-corrected chi connectivity index (χ0v) is 32.3. The van der Waals surface area contributed by atoms with E-state index in [1.165, 1.54) is 93.6 Å². The van der Waals surface area contributed by atoms with E-state index in [0.717, 1.165) is 38.8 Å². The summed E-state index contributed by atoms with van der Waals surface area (Å²) in [6.07, 6.45) is 6.39. The molecule has 0 radical (unpaired) electrons. The van der Waals surface area contributed by atoms with Crippen molar-refractivity contribution in [1.29, 1.82) is 0 Å². The first kappa shape index (κ1) is 33.4. The number of benzene rings is 8. The summed E-state index contributed by atoms with van der Waals surface area (Å²) >= 11 is 0. The average Bonchev–Trinajstić information content (AvgIpc) is 3.69. The molecule has 2 aliphatic heterocycles. The summed E-state index contributed by atoms with van der Waals surface area (Å²) in [5.41, 5.74) is 19.5. The predicted molar refractivity (Wildman–Crippen MR) is 244 cm³/mol. The number of fused-ring (bicyclic) bond motifs is 7. The average molecular weight is 745 g/mol. The molecule has 0 unspecified atom stereocenters. The topological polar surface area (TPSA) is 19.6 Å². The summed E-state index contributed by atoms with van der Waals surface area (Å²) in [5.74, 6) is 0.541. The quantitative estimate of drug-likeness (QED) is 0.164. The minimum Gasteiger partial charge on any atom is -0.455 e. The maximum Gasteiger partial charge on any atom is 0.252 e. The van der Waals surface area contributed by atoms with Gasteiger partial charge in [-0.1, -0.05) is 147 Å². The number of hydrogen-bond acceptors (Lipinski definition) is 3. The van der Waals surface area contributed by atoms with Crippen LogP contribution < -0.4 is 26.2 Å². The van der Waals surface area contributed by atoms with Gasteiger partial charge in [0.1, 0.15) is 11.2 Å². The molecule has 0 saturated heterocycles. The predicted octanol–water partition coefficient (Wildman–Crippen LogP) is 13.1. The Morgan fingerprint density at radius 1 is 0.448 bits per heavy atom.